The Hall–Kier alpha value is -1.55. The fourth-order valence-corrected chi connectivity index (χ4v) is 1.48. The van der Waals surface area contributed by atoms with E-state index in [1.54, 1.807) is 31.2 Å². The van der Waals surface area contributed by atoms with Gasteiger partial charge in [-0.15, -0.1) is 0 Å². The summed E-state index contributed by atoms with van der Waals surface area (Å²) in [7, 11) is 0. The van der Waals surface area contributed by atoms with Crippen LogP contribution < -0.4 is 11.1 Å². The van der Waals surface area contributed by atoms with Crippen molar-refractivity contribution in [3.05, 3.63) is 34.9 Å². The quantitative estimate of drug-likeness (QED) is 0.834. The molecule has 0 fully saturated rings. The van der Waals surface area contributed by atoms with Crippen LogP contribution in [-0.4, -0.2) is 17.9 Å². The summed E-state index contributed by atoms with van der Waals surface area (Å²) in [5.74, 6) is -0.945. The summed E-state index contributed by atoms with van der Waals surface area (Å²) in [6, 6.07) is 5.97. The minimum Gasteiger partial charge on any atom is -0.368 e. The summed E-state index contributed by atoms with van der Waals surface area (Å²) in [6.45, 7) is 1.77. The topological polar surface area (TPSA) is 72.2 Å². The van der Waals surface area contributed by atoms with Crippen molar-refractivity contribution in [2.75, 3.05) is 0 Å². The molecule has 0 spiro atoms. The number of benzene rings is 1. The van der Waals surface area contributed by atoms with Gasteiger partial charge in [0.2, 0.25) is 5.91 Å². The molecule has 0 radical (unpaired) electrons. The number of amides is 2. The number of hydrogen-bond donors (Lipinski definition) is 2. The summed E-state index contributed by atoms with van der Waals surface area (Å²) in [5, 5.41) is 2.87. The van der Waals surface area contributed by atoms with Crippen LogP contribution in [0.3, 0.4) is 0 Å². The van der Waals surface area contributed by atoms with Crippen molar-refractivity contribution in [2.24, 2.45) is 5.73 Å². The highest BCUT2D eigenvalue weighted by molar-refractivity contribution is 6.33. The van der Waals surface area contributed by atoms with Crippen molar-refractivity contribution in [1.82, 2.24) is 5.32 Å². The molecule has 1 rings (SSSR count). The lowest BCUT2D eigenvalue weighted by Crippen LogP contribution is -2.44. The van der Waals surface area contributed by atoms with Gasteiger partial charge in [-0.3, -0.25) is 9.59 Å². The van der Waals surface area contributed by atoms with Crippen LogP contribution in [-0.2, 0) is 4.79 Å². The zero-order chi connectivity index (χ0) is 12.1. The molecule has 5 heteroatoms. The number of nitrogens with one attached hydrogen (secondary N) is 1. The highest BCUT2D eigenvalue weighted by Gasteiger charge is 2.17. The molecule has 0 heterocycles. The Kier molecular flexibility index (Phi) is 4.31. The van der Waals surface area contributed by atoms with Crippen LogP contribution in [0.1, 0.15) is 23.7 Å². The largest absolute Gasteiger partial charge is 0.368 e. The van der Waals surface area contributed by atoms with Gasteiger partial charge in [-0.05, 0) is 18.6 Å². The van der Waals surface area contributed by atoms with E-state index in [-0.39, 0.29) is 0 Å². The van der Waals surface area contributed by atoms with Crippen molar-refractivity contribution in [1.29, 1.82) is 0 Å². The van der Waals surface area contributed by atoms with Gasteiger partial charge in [-0.25, -0.2) is 0 Å². The second kappa shape index (κ2) is 5.51. The number of primary amides is 1. The molecule has 1 atom stereocenters. The molecule has 0 unspecified atom stereocenters. The molecule has 1 aromatic carbocycles. The van der Waals surface area contributed by atoms with Gasteiger partial charge in [0.1, 0.15) is 6.04 Å². The van der Waals surface area contributed by atoms with Crippen LogP contribution in [0.15, 0.2) is 24.3 Å². The molecule has 1 aromatic rings. The highest BCUT2D eigenvalue weighted by Crippen LogP contribution is 2.14. The Balaban J connectivity index is 2.80. The van der Waals surface area contributed by atoms with Gasteiger partial charge in [0, 0.05) is 0 Å². The average molecular weight is 241 g/mol. The second-order valence-corrected chi connectivity index (χ2v) is 3.72. The minimum atomic E-state index is -0.663. The molecule has 86 valence electrons. The zero-order valence-corrected chi connectivity index (χ0v) is 9.62. The van der Waals surface area contributed by atoms with Crippen LogP contribution in [0.2, 0.25) is 5.02 Å². The van der Waals surface area contributed by atoms with E-state index in [0.29, 0.717) is 17.0 Å². The monoisotopic (exact) mass is 240 g/mol. The molecule has 0 aliphatic heterocycles. The smallest absolute Gasteiger partial charge is 0.253 e. The molecule has 0 aromatic heterocycles. The van der Waals surface area contributed by atoms with E-state index >= 15 is 0 Å². The van der Waals surface area contributed by atoms with Crippen molar-refractivity contribution in [3.8, 4) is 0 Å². The number of rotatable bonds is 4. The lowest BCUT2D eigenvalue weighted by Gasteiger charge is -2.13. The van der Waals surface area contributed by atoms with E-state index in [9.17, 15) is 9.59 Å². The second-order valence-electron chi connectivity index (χ2n) is 3.32. The Labute approximate surface area is 98.8 Å². The normalized spacial score (nSPS) is 11.9. The lowest BCUT2D eigenvalue weighted by molar-refractivity contribution is -0.119. The van der Waals surface area contributed by atoms with Gasteiger partial charge in [0.05, 0.1) is 10.6 Å². The molecule has 0 bridgehead atoms. The molecular formula is C11H13ClN2O2. The third-order valence-corrected chi connectivity index (χ3v) is 2.51. The van der Waals surface area contributed by atoms with Crippen LogP contribution in [0.4, 0.5) is 0 Å². The van der Waals surface area contributed by atoms with Crippen LogP contribution in [0.5, 0.6) is 0 Å². The van der Waals surface area contributed by atoms with Gasteiger partial charge < -0.3 is 11.1 Å². The first-order chi connectivity index (χ1) is 7.56. The van der Waals surface area contributed by atoms with E-state index in [1.807, 2.05) is 0 Å². The third kappa shape index (κ3) is 2.97. The predicted molar refractivity (Wildman–Crippen MR) is 62.2 cm³/mol. The molecule has 2 amide bonds. The summed E-state index contributed by atoms with van der Waals surface area (Å²) < 4.78 is 0. The van der Waals surface area contributed by atoms with Crippen molar-refractivity contribution in [2.45, 2.75) is 19.4 Å². The Bertz CT molecular complexity index is 407. The first kappa shape index (κ1) is 12.5. The number of carbonyl (C=O) groups is 2. The van der Waals surface area contributed by atoms with Crippen LogP contribution >= 0.6 is 11.6 Å². The van der Waals surface area contributed by atoms with Gasteiger partial charge in [0.15, 0.2) is 0 Å². The number of hydrogen-bond acceptors (Lipinski definition) is 2. The molecule has 4 nitrogen and oxygen atoms in total. The van der Waals surface area contributed by atoms with Gasteiger partial charge >= 0.3 is 0 Å². The van der Waals surface area contributed by atoms with E-state index in [1.165, 1.54) is 0 Å². The average Bonchev–Trinajstić information content (AvgIpc) is 2.25. The summed E-state index contributed by atoms with van der Waals surface area (Å²) >= 11 is 5.85. The van der Waals surface area contributed by atoms with E-state index in [0.717, 1.165) is 0 Å². The maximum Gasteiger partial charge on any atom is 0.253 e. The van der Waals surface area contributed by atoms with Crippen LogP contribution in [0.25, 0.3) is 0 Å². The molecule has 0 saturated carbocycles. The Morgan fingerprint density at radius 3 is 2.56 bits per heavy atom. The summed E-state index contributed by atoms with van der Waals surface area (Å²) in [5.41, 5.74) is 5.46. The van der Waals surface area contributed by atoms with E-state index in [2.05, 4.69) is 5.32 Å². The molecule has 0 aliphatic carbocycles. The van der Waals surface area contributed by atoms with E-state index < -0.39 is 17.9 Å². The fraction of sp³-hybridized carbons (Fsp3) is 0.273. The third-order valence-electron chi connectivity index (χ3n) is 2.18. The predicted octanol–water partition coefficient (Wildman–Crippen LogP) is 1.33. The van der Waals surface area contributed by atoms with Gasteiger partial charge in [0.25, 0.3) is 5.91 Å². The lowest BCUT2D eigenvalue weighted by atomic mass is 10.1. The number of nitrogens with two attached hydrogens (primary N) is 1. The molecule has 0 saturated heterocycles. The Morgan fingerprint density at radius 1 is 1.44 bits per heavy atom. The van der Waals surface area contributed by atoms with Crippen LogP contribution in [0, 0.1) is 0 Å². The van der Waals surface area contributed by atoms with Crippen molar-refractivity contribution >= 4 is 23.4 Å². The molecular weight excluding hydrogens is 228 g/mol. The SMILES string of the molecule is CC[C@@H](NC(=O)c1ccccc1Cl)C(N)=O. The fourth-order valence-electron chi connectivity index (χ4n) is 1.26. The standard InChI is InChI=1S/C11H13ClN2O2/c1-2-9(10(13)15)14-11(16)7-5-3-4-6-8(7)12/h3-6,9H,2H2,1H3,(H2,13,15)(H,14,16)/t9-/m1/s1. The van der Waals surface area contributed by atoms with Gasteiger partial charge in [-0.2, -0.15) is 0 Å². The van der Waals surface area contributed by atoms with Crippen molar-refractivity contribution < 1.29 is 9.59 Å². The first-order valence-electron chi connectivity index (χ1n) is 4.91. The van der Waals surface area contributed by atoms with Crippen molar-refractivity contribution in [3.63, 3.8) is 0 Å². The zero-order valence-electron chi connectivity index (χ0n) is 8.87. The Morgan fingerprint density at radius 2 is 2.06 bits per heavy atom. The van der Waals surface area contributed by atoms with E-state index in [4.69, 9.17) is 17.3 Å². The highest BCUT2D eigenvalue weighted by atomic mass is 35.5. The first-order valence-corrected chi connectivity index (χ1v) is 5.28. The maximum absolute atomic E-state index is 11.7. The molecule has 0 aliphatic rings. The number of carbonyl (C=O) groups excluding carboxylic acids is 2. The minimum absolute atomic E-state index is 0.337. The maximum atomic E-state index is 11.7. The molecule has 16 heavy (non-hydrogen) atoms. The summed E-state index contributed by atoms with van der Waals surface area (Å²) in [6.07, 6.45) is 0.450. The number of halogens is 1. The van der Waals surface area contributed by atoms with Gasteiger partial charge in [-0.1, -0.05) is 30.7 Å². The molecule has 3 N–H and O–H groups in total. The summed E-state index contributed by atoms with van der Waals surface area (Å²) in [4.78, 5) is 22.7.